The van der Waals surface area contributed by atoms with Crippen LogP contribution in [0.15, 0.2) is 30.9 Å². The Kier molecular flexibility index (Phi) is 3.41. The van der Waals surface area contributed by atoms with E-state index in [2.05, 4.69) is 6.58 Å². The van der Waals surface area contributed by atoms with E-state index in [4.69, 9.17) is 4.74 Å². The molecule has 1 rings (SSSR count). The lowest BCUT2D eigenvalue weighted by Crippen LogP contribution is -2.02. The van der Waals surface area contributed by atoms with Gasteiger partial charge in [-0.1, -0.05) is 12.1 Å². The number of nitro benzene ring substituents is 1. The molecule has 1 aromatic rings. The summed E-state index contributed by atoms with van der Waals surface area (Å²) in [7, 11) is 1.34. The third-order valence-electron chi connectivity index (χ3n) is 1.97. The number of para-hydroxylation sites is 1. The van der Waals surface area contributed by atoms with Gasteiger partial charge >= 0.3 is 5.69 Å². The summed E-state index contributed by atoms with van der Waals surface area (Å²) < 4.78 is 4.85. The third kappa shape index (κ3) is 2.13. The second kappa shape index (κ2) is 4.56. The van der Waals surface area contributed by atoms with Crippen molar-refractivity contribution in [2.45, 2.75) is 6.10 Å². The molecule has 0 spiro atoms. The van der Waals surface area contributed by atoms with Crippen molar-refractivity contribution in [2.24, 2.45) is 0 Å². The zero-order valence-corrected chi connectivity index (χ0v) is 8.21. The number of nitrogens with zero attached hydrogens (tertiary/aromatic N) is 1. The molecule has 0 aromatic heterocycles. The highest BCUT2D eigenvalue weighted by Gasteiger charge is 2.23. The lowest BCUT2D eigenvalue weighted by atomic mass is 10.1. The highest BCUT2D eigenvalue weighted by Crippen LogP contribution is 2.34. The van der Waals surface area contributed by atoms with Crippen LogP contribution in [0.3, 0.4) is 0 Å². The normalized spacial score (nSPS) is 11.9. The van der Waals surface area contributed by atoms with E-state index in [0.717, 1.165) is 0 Å². The standard InChI is InChI=1S/C10H11NO4/c1-3-8(12)7-5-4-6-9(15-2)10(7)11(13)14/h3-6,8,12H,1H2,2H3. The molecule has 5 heteroatoms. The molecule has 0 saturated heterocycles. The van der Waals surface area contributed by atoms with Crippen molar-refractivity contribution in [3.8, 4) is 5.75 Å². The largest absolute Gasteiger partial charge is 0.490 e. The zero-order chi connectivity index (χ0) is 11.4. The molecule has 0 bridgehead atoms. The summed E-state index contributed by atoms with van der Waals surface area (Å²) in [5.41, 5.74) is -0.0539. The van der Waals surface area contributed by atoms with Crippen molar-refractivity contribution in [3.05, 3.63) is 46.5 Å². The minimum atomic E-state index is -1.07. The van der Waals surface area contributed by atoms with Crippen LogP contribution in [0.2, 0.25) is 0 Å². The Hall–Kier alpha value is -1.88. The molecule has 0 saturated carbocycles. The SMILES string of the molecule is C=CC(O)c1cccc(OC)c1[N+](=O)[O-]. The number of nitro groups is 1. The molecule has 1 atom stereocenters. The Labute approximate surface area is 86.8 Å². The summed E-state index contributed by atoms with van der Waals surface area (Å²) >= 11 is 0. The molecule has 1 aromatic carbocycles. The van der Waals surface area contributed by atoms with Gasteiger partial charge in [-0.3, -0.25) is 10.1 Å². The quantitative estimate of drug-likeness (QED) is 0.466. The van der Waals surface area contributed by atoms with Crippen molar-refractivity contribution in [3.63, 3.8) is 0 Å². The molecule has 1 unspecified atom stereocenters. The van der Waals surface area contributed by atoms with E-state index in [9.17, 15) is 15.2 Å². The number of rotatable bonds is 4. The maximum absolute atomic E-state index is 10.8. The summed E-state index contributed by atoms with van der Waals surface area (Å²) in [6.07, 6.45) is 0.155. The van der Waals surface area contributed by atoms with Gasteiger partial charge in [-0.2, -0.15) is 0 Å². The summed E-state index contributed by atoms with van der Waals surface area (Å²) in [5.74, 6) is 0.124. The molecular formula is C10H11NO4. The Balaban J connectivity index is 3.37. The number of hydrogen-bond donors (Lipinski definition) is 1. The molecule has 0 aliphatic rings. The van der Waals surface area contributed by atoms with Crippen LogP contribution in [0.1, 0.15) is 11.7 Å². The van der Waals surface area contributed by atoms with Gasteiger partial charge in [0.1, 0.15) is 6.10 Å². The molecule has 0 amide bonds. The van der Waals surface area contributed by atoms with E-state index in [1.807, 2.05) is 0 Å². The number of aliphatic hydroxyl groups excluding tert-OH is 1. The van der Waals surface area contributed by atoms with Gasteiger partial charge in [0.25, 0.3) is 0 Å². The van der Waals surface area contributed by atoms with E-state index < -0.39 is 11.0 Å². The van der Waals surface area contributed by atoms with Crippen LogP contribution in [-0.2, 0) is 0 Å². The van der Waals surface area contributed by atoms with Crippen LogP contribution in [0.25, 0.3) is 0 Å². The Morgan fingerprint density at radius 2 is 2.33 bits per heavy atom. The monoisotopic (exact) mass is 209 g/mol. The minimum absolute atomic E-state index is 0.124. The molecule has 0 aliphatic carbocycles. The van der Waals surface area contributed by atoms with Gasteiger partial charge in [-0.25, -0.2) is 0 Å². The van der Waals surface area contributed by atoms with Gasteiger partial charge in [-0.15, -0.1) is 6.58 Å². The third-order valence-corrected chi connectivity index (χ3v) is 1.97. The maximum Gasteiger partial charge on any atom is 0.316 e. The number of benzene rings is 1. The minimum Gasteiger partial charge on any atom is -0.490 e. The van der Waals surface area contributed by atoms with Crippen LogP contribution < -0.4 is 4.74 Å². The first-order valence-electron chi connectivity index (χ1n) is 4.23. The summed E-state index contributed by atoms with van der Waals surface area (Å²) in [4.78, 5) is 10.2. The fraction of sp³-hybridized carbons (Fsp3) is 0.200. The number of ether oxygens (including phenoxy) is 1. The molecule has 0 radical (unpaired) electrons. The van der Waals surface area contributed by atoms with Crippen molar-refractivity contribution in [1.82, 2.24) is 0 Å². The number of hydrogen-bond acceptors (Lipinski definition) is 4. The van der Waals surface area contributed by atoms with E-state index >= 15 is 0 Å². The van der Waals surface area contributed by atoms with E-state index in [-0.39, 0.29) is 17.0 Å². The van der Waals surface area contributed by atoms with Crippen LogP contribution in [0.5, 0.6) is 5.75 Å². The van der Waals surface area contributed by atoms with Crippen molar-refractivity contribution in [1.29, 1.82) is 0 Å². The molecule has 5 nitrogen and oxygen atoms in total. The fourth-order valence-corrected chi connectivity index (χ4v) is 1.27. The highest BCUT2D eigenvalue weighted by molar-refractivity contribution is 5.54. The zero-order valence-electron chi connectivity index (χ0n) is 8.21. The van der Waals surface area contributed by atoms with Crippen molar-refractivity contribution >= 4 is 5.69 Å². The molecule has 0 fully saturated rings. The lowest BCUT2D eigenvalue weighted by Gasteiger charge is -2.09. The molecule has 15 heavy (non-hydrogen) atoms. The smallest absolute Gasteiger partial charge is 0.316 e. The average Bonchev–Trinajstić information content (AvgIpc) is 2.26. The predicted octanol–water partition coefficient (Wildman–Crippen LogP) is 1.82. The van der Waals surface area contributed by atoms with E-state index in [1.165, 1.54) is 25.3 Å². The van der Waals surface area contributed by atoms with Gasteiger partial charge in [0.2, 0.25) is 0 Å². The molecule has 0 heterocycles. The predicted molar refractivity (Wildman–Crippen MR) is 54.8 cm³/mol. The van der Waals surface area contributed by atoms with Crippen LogP contribution >= 0.6 is 0 Å². The lowest BCUT2D eigenvalue weighted by molar-refractivity contribution is -0.386. The molecule has 1 N–H and O–H groups in total. The Morgan fingerprint density at radius 1 is 1.67 bits per heavy atom. The highest BCUT2D eigenvalue weighted by atomic mass is 16.6. The van der Waals surface area contributed by atoms with Gasteiger partial charge in [0.05, 0.1) is 17.6 Å². The number of methoxy groups -OCH3 is 1. The second-order valence-electron chi connectivity index (χ2n) is 2.84. The maximum atomic E-state index is 10.8. The molecule has 0 aliphatic heterocycles. The summed E-state index contributed by atoms with van der Waals surface area (Å²) in [6, 6.07) is 4.51. The first-order chi connectivity index (χ1) is 7.11. The van der Waals surface area contributed by atoms with Crippen LogP contribution in [0.4, 0.5) is 5.69 Å². The second-order valence-corrected chi connectivity index (χ2v) is 2.84. The Morgan fingerprint density at radius 3 is 2.80 bits per heavy atom. The van der Waals surface area contributed by atoms with Gasteiger partial charge < -0.3 is 9.84 Å². The van der Waals surface area contributed by atoms with Crippen LogP contribution in [0, 0.1) is 10.1 Å². The van der Waals surface area contributed by atoms with Gasteiger partial charge in [0.15, 0.2) is 5.75 Å². The fourth-order valence-electron chi connectivity index (χ4n) is 1.27. The first-order valence-corrected chi connectivity index (χ1v) is 4.23. The van der Waals surface area contributed by atoms with Crippen LogP contribution in [-0.4, -0.2) is 17.1 Å². The van der Waals surface area contributed by atoms with Gasteiger partial charge in [-0.05, 0) is 12.1 Å². The van der Waals surface area contributed by atoms with E-state index in [1.54, 1.807) is 6.07 Å². The average molecular weight is 209 g/mol. The summed E-state index contributed by atoms with van der Waals surface area (Å²) in [6.45, 7) is 3.38. The number of aliphatic hydroxyl groups is 1. The van der Waals surface area contributed by atoms with E-state index in [0.29, 0.717) is 0 Å². The molecule has 80 valence electrons. The van der Waals surface area contributed by atoms with Crippen molar-refractivity contribution < 1.29 is 14.8 Å². The first kappa shape index (κ1) is 11.2. The Bertz CT molecular complexity index is 389. The molecular weight excluding hydrogens is 198 g/mol. The summed E-state index contributed by atoms with van der Waals surface area (Å²) in [5, 5.41) is 20.3. The van der Waals surface area contributed by atoms with Crippen molar-refractivity contribution in [2.75, 3.05) is 7.11 Å². The van der Waals surface area contributed by atoms with Gasteiger partial charge in [0, 0.05) is 0 Å². The topological polar surface area (TPSA) is 72.6 Å².